The molecule has 29 heavy (non-hydrogen) atoms. The van der Waals surface area contributed by atoms with Crippen molar-refractivity contribution in [2.75, 3.05) is 0 Å². The zero-order chi connectivity index (χ0) is 20.1. The number of hydrogen-bond acceptors (Lipinski definition) is 2. The monoisotopic (exact) mass is 402 g/mol. The molecule has 0 spiro atoms. The lowest BCUT2D eigenvalue weighted by Gasteiger charge is -2.28. The van der Waals surface area contributed by atoms with Gasteiger partial charge in [-0.15, -0.1) is 0 Å². The van der Waals surface area contributed by atoms with Crippen molar-refractivity contribution in [2.45, 2.75) is 63.3 Å². The van der Waals surface area contributed by atoms with E-state index in [1.807, 2.05) is 0 Å². The summed E-state index contributed by atoms with van der Waals surface area (Å²) in [7, 11) is -1.72. The average molecular weight is 403 g/mol. The van der Waals surface area contributed by atoms with Crippen LogP contribution in [0.25, 0.3) is 11.3 Å². The van der Waals surface area contributed by atoms with Crippen LogP contribution in [0.15, 0.2) is 65.1 Å². The van der Waals surface area contributed by atoms with E-state index in [1.54, 1.807) is 0 Å². The Kier molecular flexibility index (Phi) is 4.56. The molecule has 1 fully saturated rings. The first-order valence-electron chi connectivity index (χ1n) is 10.9. The first kappa shape index (κ1) is 18.9. The van der Waals surface area contributed by atoms with Gasteiger partial charge in [-0.1, -0.05) is 60.7 Å². The van der Waals surface area contributed by atoms with Crippen molar-refractivity contribution in [1.29, 1.82) is 0 Å². The van der Waals surface area contributed by atoms with Crippen molar-refractivity contribution >= 4 is 8.32 Å². The van der Waals surface area contributed by atoms with Crippen LogP contribution in [0, 0.1) is 0 Å². The second-order valence-corrected chi connectivity index (χ2v) is 14.0. The van der Waals surface area contributed by atoms with Gasteiger partial charge in [-0.25, -0.2) is 0 Å². The van der Waals surface area contributed by atoms with Gasteiger partial charge in [0.1, 0.15) is 11.5 Å². The van der Waals surface area contributed by atoms with Crippen molar-refractivity contribution in [3.63, 3.8) is 0 Å². The molecule has 0 aliphatic heterocycles. The molecular formula is C26H30O2Si. The first-order chi connectivity index (χ1) is 14.0. The van der Waals surface area contributed by atoms with Gasteiger partial charge in [-0.2, -0.15) is 0 Å². The summed E-state index contributed by atoms with van der Waals surface area (Å²) in [6, 6.07) is 21.4. The number of benzene rings is 2. The third-order valence-electron chi connectivity index (χ3n) is 6.26. The minimum absolute atomic E-state index is 0.219. The van der Waals surface area contributed by atoms with Gasteiger partial charge in [-0.3, -0.25) is 0 Å². The number of hydrogen-bond donors (Lipinski definition) is 0. The molecule has 5 rings (SSSR count). The molecule has 3 heteroatoms. The van der Waals surface area contributed by atoms with Crippen molar-refractivity contribution in [2.24, 2.45) is 0 Å². The van der Waals surface area contributed by atoms with Crippen LogP contribution in [-0.2, 0) is 22.9 Å². The van der Waals surface area contributed by atoms with Crippen LogP contribution >= 0.6 is 0 Å². The van der Waals surface area contributed by atoms with Gasteiger partial charge in [0.25, 0.3) is 0 Å². The molecule has 2 aliphatic rings. The standard InChI is InChI=1S/C26H30O2Si/c1-29(2,3)28-26(20-14-8-5-9-15-20)18-23(26)25-22-17-11-10-16-21(22)24(27-25)19-12-6-4-7-13-19/h4-9,12-15,23H,10-11,16-18H2,1-3H3/t23-,26+/m1/s1. The van der Waals surface area contributed by atoms with E-state index in [0.29, 0.717) is 5.92 Å². The Morgan fingerprint density at radius 3 is 2.14 bits per heavy atom. The zero-order valence-electron chi connectivity index (χ0n) is 17.7. The Morgan fingerprint density at radius 1 is 0.862 bits per heavy atom. The second-order valence-electron chi connectivity index (χ2n) is 9.55. The van der Waals surface area contributed by atoms with E-state index in [0.717, 1.165) is 25.0 Å². The Balaban J connectivity index is 1.60. The SMILES string of the molecule is C[Si](C)(C)O[C@]1(c2ccccc2)C[C@@H]1c1oc(-c2ccccc2)c2c1CCCC2. The largest absolute Gasteiger partial charge is 0.460 e. The maximum absolute atomic E-state index is 6.87. The van der Waals surface area contributed by atoms with Crippen molar-refractivity contribution in [1.82, 2.24) is 0 Å². The van der Waals surface area contributed by atoms with E-state index in [4.69, 9.17) is 8.84 Å². The van der Waals surface area contributed by atoms with Crippen LogP contribution < -0.4 is 0 Å². The summed E-state index contributed by atoms with van der Waals surface area (Å²) in [6.07, 6.45) is 5.80. The lowest BCUT2D eigenvalue weighted by atomic mass is 9.89. The highest BCUT2D eigenvalue weighted by molar-refractivity contribution is 6.69. The third kappa shape index (κ3) is 3.41. The Bertz CT molecular complexity index is 1000. The molecule has 0 bridgehead atoms. The maximum Gasteiger partial charge on any atom is 0.185 e. The number of rotatable bonds is 5. The summed E-state index contributed by atoms with van der Waals surface area (Å²) in [5.41, 5.74) is 5.20. The van der Waals surface area contributed by atoms with E-state index >= 15 is 0 Å². The minimum atomic E-state index is -1.72. The van der Waals surface area contributed by atoms with Gasteiger partial charge < -0.3 is 8.84 Å². The molecule has 0 unspecified atom stereocenters. The molecule has 2 aromatic carbocycles. The summed E-state index contributed by atoms with van der Waals surface area (Å²) in [4.78, 5) is 0. The normalized spacial score (nSPS) is 23.6. The molecule has 2 atom stereocenters. The van der Waals surface area contributed by atoms with E-state index in [2.05, 4.69) is 80.3 Å². The second kappa shape index (κ2) is 7.00. The topological polar surface area (TPSA) is 22.4 Å². The molecule has 1 aromatic heterocycles. The zero-order valence-corrected chi connectivity index (χ0v) is 18.7. The maximum atomic E-state index is 6.87. The van der Waals surface area contributed by atoms with Gasteiger partial charge in [0.2, 0.25) is 0 Å². The van der Waals surface area contributed by atoms with Crippen LogP contribution in [0.3, 0.4) is 0 Å². The van der Waals surface area contributed by atoms with Gasteiger partial charge in [-0.05, 0) is 62.9 Å². The van der Waals surface area contributed by atoms with Gasteiger partial charge >= 0.3 is 0 Å². The molecule has 3 aromatic rings. The van der Waals surface area contributed by atoms with Crippen molar-refractivity contribution < 1.29 is 8.84 Å². The third-order valence-corrected chi connectivity index (χ3v) is 7.24. The fraction of sp³-hybridized carbons (Fsp3) is 0.385. The molecule has 1 saturated carbocycles. The first-order valence-corrected chi connectivity index (χ1v) is 14.3. The Hall–Kier alpha value is -2.10. The highest BCUT2D eigenvalue weighted by Crippen LogP contribution is 2.64. The van der Waals surface area contributed by atoms with Crippen LogP contribution in [0.2, 0.25) is 19.6 Å². The summed E-state index contributed by atoms with van der Waals surface area (Å²) >= 11 is 0. The van der Waals surface area contributed by atoms with Crippen LogP contribution in [-0.4, -0.2) is 8.32 Å². The van der Waals surface area contributed by atoms with Gasteiger partial charge in [0, 0.05) is 11.1 Å². The molecule has 0 N–H and O–H groups in total. The number of furan rings is 1. The molecule has 0 radical (unpaired) electrons. The van der Waals surface area contributed by atoms with Gasteiger partial charge in [0.15, 0.2) is 8.32 Å². The van der Waals surface area contributed by atoms with Crippen molar-refractivity contribution in [3.05, 3.63) is 83.1 Å². The highest BCUT2D eigenvalue weighted by Gasteiger charge is 2.61. The van der Waals surface area contributed by atoms with E-state index in [-0.39, 0.29) is 5.60 Å². The summed E-state index contributed by atoms with van der Waals surface area (Å²) in [6.45, 7) is 6.88. The molecule has 0 saturated heterocycles. The lowest BCUT2D eigenvalue weighted by molar-refractivity contribution is 0.161. The summed E-state index contributed by atoms with van der Waals surface area (Å²) in [5, 5.41) is 0. The van der Waals surface area contributed by atoms with E-state index in [1.165, 1.54) is 40.9 Å². The predicted octanol–water partition coefficient (Wildman–Crippen LogP) is 7.06. The molecule has 1 heterocycles. The molecule has 150 valence electrons. The predicted molar refractivity (Wildman–Crippen MR) is 121 cm³/mol. The highest BCUT2D eigenvalue weighted by atomic mass is 28.4. The fourth-order valence-corrected chi connectivity index (χ4v) is 6.51. The van der Waals surface area contributed by atoms with Crippen LogP contribution in [0.1, 0.15) is 47.6 Å². The van der Waals surface area contributed by atoms with Gasteiger partial charge in [0.05, 0.1) is 11.5 Å². The smallest absolute Gasteiger partial charge is 0.185 e. The fourth-order valence-electron chi connectivity index (χ4n) is 5.07. The lowest BCUT2D eigenvalue weighted by Crippen LogP contribution is -2.33. The van der Waals surface area contributed by atoms with Crippen LogP contribution in [0.4, 0.5) is 0 Å². The quantitative estimate of drug-likeness (QED) is 0.426. The van der Waals surface area contributed by atoms with Crippen LogP contribution in [0.5, 0.6) is 0 Å². The molecule has 2 aliphatic carbocycles. The van der Waals surface area contributed by atoms with E-state index in [9.17, 15) is 0 Å². The van der Waals surface area contributed by atoms with Crippen molar-refractivity contribution in [3.8, 4) is 11.3 Å². The Morgan fingerprint density at radius 2 is 1.48 bits per heavy atom. The number of fused-ring (bicyclic) bond motifs is 1. The average Bonchev–Trinajstić information content (AvgIpc) is 3.30. The van der Waals surface area contributed by atoms with E-state index < -0.39 is 8.32 Å². The summed E-state index contributed by atoms with van der Waals surface area (Å²) < 4.78 is 13.6. The minimum Gasteiger partial charge on any atom is -0.460 e. The molecular weight excluding hydrogens is 372 g/mol. The summed E-state index contributed by atoms with van der Waals surface area (Å²) in [5.74, 6) is 2.61. The Labute approximate surface area is 175 Å². The molecule has 0 amide bonds. The molecule has 2 nitrogen and oxygen atoms in total.